The molecule has 0 spiro atoms. The van der Waals surface area contributed by atoms with Gasteiger partial charge < -0.3 is 10.1 Å². The van der Waals surface area contributed by atoms with Crippen molar-refractivity contribution in [1.29, 1.82) is 0 Å². The highest BCUT2D eigenvalue weighted by Gasteiger charge is 2.17. The number of ether oxygens (including phenoxy) is 1. The van der Waals surface area contributed by atoms with Crippen LogP contribution in [0.1, 0.15) is 17.4 Å². The van der Waals surface area contributed by atoms with Gasteiger partial charge >= 0.3 is 0 Å². The van der Waals surface area contributed by atoms with Crippen molar-refractivity contribution in [2.45, 2.75) is 6.92 Å². The van der Waals surface area contributed by atoms with E-state index in [9.17, 15) is 4.79 Å². The Morgan fingerprint density at radius 3 is 2.39 bits per heavy atom. The van der Waals surface area contributed by atoms with E-state index in [1.807, 2.05) is 43.3 Å². The second kappa shape index (κ2) is 6.75. The molecule has 0 radical (unpaired) electrons. The first-order valence-electron chi connectivity index (χ1n) is 7.14. The van der Waals surface area contributed by atoms with Crippen LogP contribution < -0.4 is 10.1 Å². The minimum atomic E-state index is -0.353. The summed E-state index contributed by atoms with van der Waals surface area (Å²) in [5.74, 6) is -0.116. The monoisotopic (exact) mass is 371 g/mol. The molecule has 0 bridgehead atoms. The van der Waals surface area contributed by atoms with Crippen molar-refractivity contribution in [2.75, 3.05) is 11.9 Å². The number of nitrogens with zero attached hydrogens (tertiary/aromatic N) is 2. The molecule has 3 aromatic rings. The summed E-state index contributed by atoms with van der Waals surface area (Å²) >= 11 is 3.36. The van der Waals surface area contributed by atoms with Crippen LogP contribution in [0.4, 0.5) is 5.69 Å². The zero-order chi connectivity index (χ0) is 16.2. The SMILES string of the molecule is CCOc1nc2ccccc2nc1C(=O)Nc1ccc(Br)cc1. The van der Waals surface area contributed by atoms with Crippen LogP contribution in [-0.4, -0.2) is 22.5 Å². The molecule has 1 heterocycles. The number of aromatic nitrogens is 2. The normalized spacial score (nSPS) is 10.5. The highest BCUT2D eigenvalue weighted by Crippen LogP contribution is 2.21. The van der Waals surface area contributed by atoms with E-state index < -0.39 is 0 Å². The standard InChI is InChI=1S/C17H14BrN3O2/c1-2-23-17-15(20-13-5-3-4-6-14(13)21-17)16(22)19-12-9-7-11(18)8-10-12/h3-10H,2H2,1H3,(H,19,22). The quantitative estimate of drug-likeness (QED) is 0.751. The Morgan fingerprint density at radius 1 is 1.09 bits per heavy atom. The summed E-state index contributed by atoms with van der Waals surface area (Å²) in [5.41, 5.74) is 2.19. The van der Waals surface area contributed by atoms with Crippen LogP contribution in [0.15, 0.2) is 53.0 Å². The summed E-state index contributed by atoms with van der Waals surface area (Å²) in [6, 6.07) is 14.7. The average molecular weight is 372 g/mol. The van der Waals surface area contributed by atoms with Gasteiger partial charge in [0.2, 0.25) is 5.88 Å². The third kappa shape index (κ3) is 3.48. The van der Waals surface area contributed by atoms with E-state index in [0.717, 1.165) is 4.47 Å². The minimum absolute atomic E-state index is 0.175. The Kier molecular flexibility index (Phi) is 4.52. The third-order valence-corrected chi connectivity index (χ3v) is 3.67. The van der Waals surface area contributed by atoms with Crippen LogP contribution in [0.5, 0.6) is 5.88 Å². The van der Waals surface area contributed by atoms with Gasteiger partial charge in [-0.3, -0.25) is 4.79 Å². The Labute approximate surface area is 141 Å². The molecule has 0 saturated carbocycles. The first kappa shape index (κ1) is 15.4. The van der Waals surface area contributed by atoms with Crippen LogP contribution in [0.2, 0.25) is 0 Å². The van der Waals surface area contributed by atoms with Crippen LogP contribution >= 0.6 is 15.9 Å². The number of rotatable bonds is 4. The van der Waals surface area contributed by atoms with E-state index in [4.69, 9.17) is 4.74 Å². The van der Waals surface area contributed by atoms with Crippen molar-refractivity contribution in [1.82, 2.24) is 9.97 Å². The molecule has 116 valence electrons. The number of carbonyl (C=O) groups is 1. The minimum Gasteiger partial charge on any atom is -0.476 e. The molecule has 0 aliphatic rings. The molecule has 0 aliphatic heterocycles. The van der Waals surface area contributed by atoms with E-state index in [-0.39, 0.29) is 17.5 Å². The summed E-state index contributed by atoms with van der Waals surface area (Å²) < 4.78 is 6.42. The first-order valence-corrected chi connectivity index (χ1v) is 7.93. The molecular weight excluding hydrogens is 358 g/mol. The molecule has 1 amide bonds. The lowest BCUT2D eigenvalue weighted by Gasteiger charge is -2.10. The smallest absolute Gasteiger partial charge is 0.279 e. The summed E-state index contributed by atoms with van der Waals surface area (Å²) in [4.78, 5) is 21.3. The maximum Gasteiger partial charge on any atom is 0.279 e. The number of halogens is 1. The highest BCUT2D eigenvalue weighted by atomic mass is 79.9. The topological polar surface area (TPSA) is 64.1 Å². The Hall–Kier alpha value is -2.47. The van der Waals surface area contributed by atoms with Crippen LogP contribution in [0.25, 0.3) is 11.0 Å². The predicted molar refractivity (Wildman–Crippen MR) is 92.8 cm³/mol. The molecule has 0 saturated heterocycles. The summed E-state index contributed by atoms with van der Waals surface area (Å²) in [5, 5.41) is 2.81. The van der Waals surface area contributed by atoms with Crippen molar-refractivity contribution in [3.63, 3.8) is 0 Å². The maximum atomic E-state index is 12.5. The molecule has 2 aromatic carbocycles. The lowest BCUT2D eigenvalue weighted by atomic mass is 10.2. The van der Waals surface area contributed by atoms with Gasteiger partial charge in [-0.15, -0.1) is 0 Å². The van der Waals surface area contributed by atoms with Crippen molar-refractivity contribution in [3.8, 4) is 5.88 Å². The number of para-hydroxylation sites is 2. The molecule has 5 nitrogen and oxygen atoms in total. The fraction of sp³-hybridized carbons (Fsp3) is 0.118. The van der Waals surface area contributed by atoms with Gasteiger partial charge in [-0.1, -0.05) is 28.1 Å². The largest absolute Gasteiger partial charge is 0.476 e. The number of hydrogen-bond donors (Lipinski definition) is 1. The van der Waals surface area contributed by atoms with Gasteiger partial charge in [0.15, 0.2) is 5.69 Å². The molecule has 0 unspecified atom stereocenters. The predicted octanol–water partition coefficient (Wildman–Crippen LogP) is 4.04. The molecule has 0 atom stereocenters. The van der Waals surface area contributed by atoms with E-state index >= 15 is 0 Å². The van der Waals surface area contributed by atoms with E-state index in [1.165, 1.54) is 0 Å². The van der Waals surface area contributed by atoms with Crippen LogP contribution in [0, 0.1) is 0 Å². The molecule has 23 heavy (non-hydrogen) atoms. The lowest BCUT2D eigenvalue weighted by Crippen LogP contribution is -2.16. The number of hydrogen-bond acceptors (Lipinski definition) is 4. The highest BCUT2D eigenvalue weighted by molar-refractivity contribution is 9.10. The van der Waals surface area contributed by atoms with Crippen molar-refractivity contribution in [3.05, 3.63) is 58.7 Å². The molecule has 0 fully saturated rings. The molecule has 1 aromatic heterocycles. The van der Waals surface area contributed by atoms with Crippen molar-refractivity contribution in [2.24, 2.45) is 0 Å². The van der Waals surface area contributed by atoms with Crippen LogP contribution in [-0.2, 0) is 0 Å². The van der Waals surface area contributed by atoms with E-state index in [0.29, 0.717) is 23.3 Å². The first-order chi connectivity index (χ1) is 11.2. The number of carbonyl (C=O) groups excluding carboxylic acids is 1. The third-order valence-electron chi connectivity index (χ3n) is 3.14. The number of nitrogens with one attached hydrogen (secondary N) is 1. The summed E-state index contributed by atoms with van der Waals surface area (Å²) in [7, 11) is 0. The average Bonchev–Trinajstić information content (AvgIpc) is 2.56. The van der Waals surface area contributed by atoms with Crippen molar-refractivity contribution < 1.29 is 9.53 Å². The number of fused-ring (bicyclic) bond motifs is 1. The summed E-state index contributed by atoms with van der Waals surface area (Å²) in [6.45, 7) is 2.25. The van der Waals surface area contributed by atoms with Crippen LogP contribution in [0.3, 0.4) is 0 Å². The number of benzene rings is 2. The molecule has 3 rings (SSSR count). The van der Waals surface area contributed by atoms with E-state index in [2.05, 4.69) is 31.2 Å². The van der Waals surface area contributed by atoms with Gasteiger partial charge in [-0.25, -0.2) is 9.97 Å². The lowest BCUT2D eigenvalue weighted by molar-refractivity contribution is 0.101. The fourth-order valence-electron chi connectivity index (χ4n) is 2.09. The summed E-state index contributed by atoms with van der Waals surface area (Å²) in [6.07, 6.45) is 0. The molecule has 0 aliphatic carbocycles. The zero-order valence-corrected chi connectivity index (χ0v) is 14.0. The zero-order valence-electron chi connectivity index (χ0n) is 12.4. The number of anilines is 1. The molecule has 6 heteroatoms. The molecular formula is C17H14BrN3O2. The van der Waals surface area contributed by atoms with Gasteiger partial charge in [0.05, 0.1) is 17.6 Å². The van der Waals surface area contributed by atoms with Gasteiger partial charge in [0, 0.05) is 10.2 Å². The second-order valence-electron chi connectivity index (χ2n) is 4.76. The maximum absolute atomic E-state index is 12.5. The van der Waals surface area contributed by atoms with Gasteiger partial charge in [0.25, 0.3) is 5.91 Å². The number of amides is 1. The fourth-order valence-corrected chi connectivity index (χ4v) is 2.36. The Balaban J connectivity index is 1.97. The van der Waals surface area contributed by atoms with Crippen molar-refractivity contribution >= 4 is 38.6 Å². The Bertz CT molecular complexity index is 850. The second-order valence-corrected chi connectivity index (χ2v) is 5.68. The Morgan fingerprint density at radius 2 is 1.74 bits per heavy atom. The van der Waals surface area contributed by atoms with Gasteiger partial charge in [-0.2, -0.15) is 0 Å². The molecule has 1 N–H and O–H groups in total. The van der Waals surface area contributed by atoms with Gasteiger partial charge in [0.1, 0.15) is 0 Å². The van der Waals surface area contributed by atoms with E-state index in [1.54, 1.807) is 12.1 Å². The van der Waals surface area contributed by atoms with Gasteiger partial charge in [-0.05, 0) is 43.3 Å².